The zero-order chi connectivity index (χ0) is 19.1. The molecule has 0 aliphatic carbocycles. The number of nitrogens with zero attached hydrogens (tertiary/aromatic N) is 1. The van der Waals surface area contributed by atoms with Gasteiger partial charge in [-0.3, -0.25) is 9.59 Å². The van der Waals surface area contributed by atoms with Crippen molar-refractivity contribution in [2.24, 2.45) is 0 Å². The summed E-state index contributed by atoms with van der Waals surface area (Å²) in [5, 5.41) is 2.72. The number of hydrogen-bond donors (Lipinski definition) is 1. The van der Waals surface area contributed by atoms with Gasteiger partial charge in [0.2, 0.25) is 0 Å². The predicted molar refractivity (Wildman–Crippen MR) is 99.9 cm³/mol. The molecule has 0 bridgehead atoms. The Morgan fingerprint density at radius 3 is 2.00 bits per heavy atom. The van der Waals surface area contributed by atoms with Crippen molar-refractivity contribution in [2.75, 3.05) is 18.4 Å². The van der Waals surface area contributed by atoms with Gasteiger partial charge in [0.05, 0.1) is 0 Å². The number of benzene rings is 2. The molecule has 1 N–H and O–H groups in total. The van der Waals surface area contributed by atoms with Gasteiger partial charge < -0.3 is 10.2 Å². The van der Waals surface area contributed by atoms with E-state index in [9.17, 15) is 18.4 Å². The lowest BCUT2D eigenvalue weighted by Gasteiger charge is -2.18. The van der Waals surface area contributed by atoms with E-state index in [2.05, 4.69) is 5.32 Å². The molecule has 2 aromatic rings. The molecule has 26 heavy (non-hydrogen) atoms. The third-order valence-corrected chi connectivity index (χ3v) is 4.50. The summed E-state index contributed by atoms with van der Waals surface area (Å²) in [6.45, 7) is 5.10. The van der Waals surface area contributed by atoms with Gasteiger partial charge in [-0.15, -0.1) is 0 Å². The second-order valence-corrected chi connectivity index (χ2v) is 6.48. The number of anilines is 1. The van der Waals surface area contributed by atoms with Crippen LogP contribution in [0.3, 0.4) is 0 Å². The number of halogens is 2. The molecule has 0 spiro atoms. The Morgan fingerprint density at radius 2 is 1.50 bits per heavy atom. The monoisotopic (exact) mass is 378 g/mol. The van der Waals surface area contributed by atoms with Crippen molar-refractivity contribution in [2.45, 2.75) is 24.5 Å². The van der Waals surface area contributed by atoms with Gasteiger partial charge in [0.1, 0.15) is 0 Å². The fourth-order valence-corrected chi connectivity index (χ4v) is 2.88. The van der Waals surface area contributed by atoms with Gasteiger partial charge in [-0.1, -0.05) is 11.8 Å². The number of carbonyl (C=O) groups is 2. The van der Waals surface area contributed by atoms with Crippen molar-refractivity contribution in [3.63, 3.8) is 0 Å². The van der Waals surface area contributed by atoms with E-state index in [1.54, 1.807) is 29.2 Å². The van der Waals surface area contributed by atoms with Crippen LogP contribution in [0.15, 0.2) is 53.4 Å². The lowest BCUT2D eigenvalue weighted by atomic mass is 10.1. The number of alkyl halides is 2. The second kappa shape index (κ2) is 9.33. The van der Waals surface area contributed by atoms with E-state index in [1.807, 2.05) is 13.8 Å². The summed E-state index contributed by atoms with van der Waals surface area (Å²) in [5.74, 6) is -2.89. The molecule has 0 atom stereocenters. The van der Waals surface area contributed by atoms with Gasteiger partial charge >= 0.3 is 0 Å². The van der Waals surface area contributed by atoms with Crippen LogP contribution in [0, 0.1) is 0 Å². The van der Waals surface area contributed by atoms with E-state index < -0.39 is 5.76 Å². The minimum Gasteiger partial charge on any atom is -0.339 e. The first-order chi connectivity index (χ1) is 12.4. The van der Waals surface area contributed by atoms with E-state index >= 15 is 0 Å². The molecule has 2 aromatic carbocycles. The van der Waals surface area contributed by atoms with Crippen LogP contribution in [-0.4, -0.2) is 35.6 Å². The number of hydrogen-bond acceptors (Lipinski definition) is 3. The first kappa shape index (κ1) is 19.9. The Hall–Kier alpha value is -2.41. The molecule has 0 saturated heterocycles. The molecule has 4 nitrogen and oxygen atoms in total. The number of amides is 2. The zero-order valence-corrected chi connectivity index (χ0v) is 15.4. The van der Waals surface area contributed by atoms with E-state index in [0.29, 0.717) is 46.6 Å². The lowest BCUT2D eigenvalue weighted by molar-refractivity contribution is 0.0773. The maximum Gasteiger partial charge on any atom is 0.288 e. The minimum atomic E-state index is -2.49. The summed E-state index contributed by atoms with van der Waals surface area (Å²) >= 11 is 0.432. The maximum atomic E-state index is 12.3. The van der Waals surface area contributed by atoms with E-state index in [4.69, 9.17) is 0 Å². The number of thioether (sulfide) groups is 1. The molecular weight excluding hydrogens is 358 g/mol. The third kappa shape index (κ3) is 5.29. The van der Waals surface area contributed by atoms with Crippen molar-refractivity contribution in [3.05, 3.63) is 59.7 Å². The third-order valence-electron chi connectivity index (χ3n) is 3.78. The Balaban J connectivity index is 2.02. The number of nitrogens with one attached hydrogen (secondary N) is 1. The average molecular weight is 378 g/mol. The molecule has 7 heteroatoms. The van der Waals surface area contributed by atoms with Crippen LogP contribution in [0.25, 0.3) is 0 Å². The largest absolute Gasteiger partial charge is 0.339 e. The molecule has 0 unspecified atom stereocenters. The second-order valence-electron chi connectivity index (χ2n) is 5.41. The van der Waals surface area contributed by atoms with Crippen molar-refractivity contribution in [1.29, 1.82) is 0 Å². The van der Waals surface area contributed by atoms with E-state index in [-0.39, 0.29) is 11.8 Å². The van der Waals surface area contributed by atoms with Gasteiger partial charge in [0.25, 0.3) is 17.6 Å². The summed E-state index contributed by atoms with van der Waals surface area (Å²) in [6, 6.07) is 12.6. The van der Waals surface area contributed by atoms with Crippen molar-refractivity contribution in [3.8, 4) is 0 Å². The molecule has 0 fully saturated rings. The number of rotatable bonds is 7. The summed E-state index contributed by atoms with van der Waals surface area (Å²) in [4.78, 5) is 26.6. The summed E-state index contributed by atoms with van der Waals surface area (Å²) in [6.07, 6.45) is 0. The van der Waals surface area contributed by atoms with Gasteiger partial charge in [0, 0.05) is 34.8 Å². The highest BCUT2D eigenvalue weighted by Crippen LogP contribution is 2.25. The van der Waals surface area contributed by atoms with E-state index in [1.165, 1.54) is 24.3 Å². The Labute approximate surface area is 155 Å². The van der Waals surface area contributed by atoms with Crippen molar-refractivity contribution >= 4 is 29.3 Å². The van der Waals surface area contributed by atoms with E-state index in [0.717, 1.165) is 0 Å². The summed E-state index contributed by atoms with van der Waals surface area (Å²) in [7, 11) is 0. The molecule has 0 saturated carbocycles. The average Bonchev–Trinajstić information content (AvgIpc) is 2.63. The van der Waals surface area contributed by atoms with Crippen LogP contribution in [0.2, 0.25) is 0 Å². The molecule has 0 radical (unpaired) electrons. The topological polar surface area (TPSA) is 49.4 Å². The highest BCUT2D eigenvalue weighted by Gasteiger charge is 2.13. The number of carbonyl (C=O) groups excluding carboxylic acids is 2. The van der Waals surface area contributed by atoms with Crippen molar-refractivity contribution in [1.82, 2.24) is 4.90 Å². The first-order valence-corrected chi connectivity index (χ1v) is 9.08. The standard InChI is InChI=1S/C19H20F2N2O2S/c1-3-23(4-2)18(25)14-5-9-15(10-6-14)22-17(24)13-7-11-16(12-8-13)26-19(20)21/h5-12,19H,3-4H2,1-2H3,(H,22,24). The fourth-order valence-electron chi connectivity index (χ4n) is 2.38. The van der Waals surface area contributed by atoms with Crippen LogP contribution in [-0.2, 0) is 0 Å². The van der Waals surface area contributed by atoms with Gasteiger partial charge in [-0.2, -0.15) is 8.78 Å². The molecule has 0 aromatic heterocycles. The predicted octanol–water partition coefficient (Wildman–Crippen LogP) is 4.74. The molecule has 2 amide bonds. The van der Waals surface area contributed by atoms with Crippen molar-refractivity contribution < 1.29 is 18.4 Å². The highest BCUT2D eigenvalue weighted by atomic mass is 32.2. The van der Waals surface area contributed by atoms with Gasteiger partial charge in [0.15, 0.2) is 0 Å². The zero-order valence-electron chi connectivity index (χ0n) is 14.5. The molecule has 0 aliphatic heterocycles. The van der Waals surface area contributed by atoms with Crippen LogP contribution in [0.4, 0.5) is 14.5 Å². The summed E-state index contributed by atoms with van der Waals surface area (Å²) < 4.78 is 24.6. The lowest BCUT2D eigenvalue weighted by Crippen LogP contribution is -2.30. The minimum absolute atomic E-state index is 0.0556. The molecule has 0 heterocycles. The molecule has 2 rings (SSSR count). The quantitative estimate of drug-likeness (QED) is 0.708. The molecule has 138 valence electrons. The first-order valence-electron chi connectivity index (χ1n) is 8.20. The normalized spacial score (nSPS) is 10.7. The maximum absolute atomic E-state index is 12.3. The Bertz CT molecular complexity index is 745. The Morgan fingerprint density at radius 1 is 0.962 bits per heavy atom. The molecular formula is C19H20F2N2O2S. The van der Waals surface area contributed by atoms with Crippen LogP contribution >= 0.6 is 11.8 Å². The SMILES string of the molecule is CCN(CC)C(=O)c1ccc(NC(=O)c2ccc(SC(F)F)cc2)cc1. The fraction of sp³-hybridized carbons (Fsp3) is 0.263. The smallest absolute Gasteiger partial charge is 0.288 e. The molecule has 0 aliphatic rings. The van der Waals surface area contributed by atoms with Gasteiger partial charge in [-0.25, -0.2) is 0 Å². The van der Waals surface area contributed by atoms with Crippen LogP contribution in [0.1, 0.15) is 34.6 Å². The summed E-state index contributed by atoms with van der Waals surface area (Å²) in [5.41, 5.74) is 1.48. The highest BCUT2D eigenvalue weighted by molar-refractivity contribution is 7.99. The Kier molecular flexibility index (Phi) is 7.15. The van der Waals surface area contributed by atoms with Crippen LogP contribution in [0.5, 0.6) is 0 Å². The van der Waals surface area contributed by atoms with Gasteiger partial charge in [-0.05, 0) is 62.4 Å². The van der Waals surface area contributed by atoms with Crippen LogP contribution < -0.4 is 5.32 Å².